The van der Waals surface area contributed by atoms with Crippen molar-refractivity contribution in [2.45, 2.75) is 19.9 Å². The first-order valence-corrected chi connectivity index (χ1v) is 9.12. The van der Waals surface area contributed by atoms with Gasteiger partial charge in [-0.1, -0.05) is 42.5 Å². The van der Waals surface area contributed by atoms with E-state index in [1.165, 1.54) is 11.6 Å². The molecule has 28 heavy (non-hydrogen) atoms. The Balaban J connectivity index is 1.83. The maximum Gasteiger partial charge on any atom is 0.332 e. The minimum Gasteiger partial charge on any atom is -0.294 e. The summed E-state index contributed by atoms with van der Waals surface area (Å²) in [6.45, 7) is 4.40. The molecule has 1 aliphatic rings. The molecule has 0 radical (unpaired) electrons. The topological polar surface area (TPSA) is 77.4 Å². The maximum absolute atomic E-state index is 12.8. The Kier molecular flexibility index (Phi) is 4.26. The normalized spacial score (nSPS) is 16.6. The van der Waals surface area contributed by atoms with Crippen LogP contribution in [-0.2, 0) is 14.1 Å². The van der Waals surface area contributed by atoms with Crippen molar-refractivity contribution in [1.29, 1.82) is 0 Å². The van der Waals surface area contributed by atoms with Crippen molar-refractivity contribution in [3.63, 3.8) is 0 Å². The number of hydrazone groups is 1. The van der Waals surface area contributed by atoms with Crippen LogP contribution in [0.25, 0.3) is 17.2 Å². The Bertz CT molecular complexity index is 1230. The number of fused-ring (bicyclic) bond motifs is 3. The Morgan fingerprint density at radius 2 is 1.82 bits per heavy atom. The average Bonchev–Trinajstić information content (AvgIpc) is 3.10. The van der Waals surface area contributed by atoms with E-state index in [9.17, 15) is 9.59 Å². The Morgan fingerprint density at radius 3 is 2.54 bits per heavy atom. The van der Waals surface area contributed by atoms with Gasteiger partial charge in [0.15, 0.2) is 11.2 Å². The van der Waals surface area contributed by atoms with E-state index in [-0.39, 0.29) is 11.6 Å². The van der Waals surface area contributed by atoms with Crippen LogP contribution in [0.15, 0.2) is 51.1 Å². The van der Waals surface area contributed by atoms with Crippen molar-refractivity contribution in [2.75, 3.05) is 11.6 Å². The molecule has 8 heteroatoms. The molecule has 1 aliphatic heterocycles. The first-order valence-electron chi connectivity index (χ1n) is 9.12. The van der Waals surface area contributed by atoms with Crippen molar-refractivity contribution in [3.8, 4) is 0 Å². The summed E-state index contributed by atoms with van der Waals surface area (Å²) >= 11 is 0. The van der Waals surface area contributed by atoms with E-state index in [0.717, 1.165) is 15.8 Å². The molecule has 3 aromatic rings. The van der Waals surface area contributed by atoms with E-state index < -0.39 is 5.69 Å². The number of aryl methyl sites for hydroxylation is 1. The van der Waals surface area contributed by atoms with Crippen LogP contribution in [-0.4, -0.2) is 30.9 Å². The summed E-state index contributed by atoms with van der Waals surface area (Å²) in [5, 5.41) is 6.42. The molecule has 0 aliphatic carbocycles. The van der Waals surface area contributed by atoms with Crippen molar-refractivity contribution < 1.29 is 0 Å². The molecule has 8 nitrogen and oxygen atoms in total. The van der Waals surface area contributed by atoms with Crippen LogP contribution in [0.1, 0.15) is 25.5 Å². The largest absolute Gasteiger partial charge is 0.332 e. The van der Waals surface area contributed by atoms with Gasteiger partial charge in [0.2, 0.25) is 5.95 Å². The first kappa shape index (κ1) is 18.0. The van der Waals surface area contributed by atoms with Crippen LogP contribution < -0.4 is 16.3 Å². The van der Waals surface area contributed by atoms with Crippen molar-refractivity contribution in [3.05, 3.63) is 62.8 Å². The lowest BCUT2D eigenvalue weighted by Gasteiger charge is -2.28. The predicted octanol–water partition coefficient (Wildman–Crippen LogP) is 1.90. The molecule has 0 saturated carbocycles. The van der Waals surface area contributed by atoms with Gasteiger partial charge in [0, 0.05) is 14.1 Å². The van der Waals surface area contributed by atoms with E-state index in [4.69, 9.17) is 0 Å². The highest BCUT2D eigenvalue weighted by molar-refractivity contribution is 5.91. The number of nitrogens with zero attached hydrogens (tertiary/aromatic N) is 6. The summed E-state index contributed by atoms with van der Waals surface area (Å²) in [5.74, 6) is 0.559. The summed E-state index contributed by atoms with van der Waals surface area (Å²) < 4.78 is 4.39. The SMILES string of the molecule is CC1=NN(C/C=C/c2ccccc2)c2nc3c(c(=O)n(C)c(=O)n3C)n2[C@@H]1C. The lowest BCUT2D eigenvalue weighted by atomic mass is 10.2. The molecule has 0 amide bonds. The van der Waals surface area contributed by atoms with Crippen LogP contribution in [0.4, 0.5) is 5.95 Å². The molecule has 144 valence electrons. The standard InChI is InChI=1S/C20H22N6O2/c1-13-14(2)26-16-17(23(3)20(28)24(4)18(16)27)21-19(26)25(22-13)12-8-11-15-9-6-5-7-10-15/h5-11,14H,12H2,1-4H3/b11-8+/t14-/m1/s1. The van der Waals surface area contributed by atoms with Crippen LogP contribution >= 0.6 is 0 Å². The molecule has 0 N–H and O–H groups in total. The Morgan fingerprint density at radius 1 is 1.11 bits per heavy atom. The van der Waals surface area contributed by atoms with Gasteiger partial charge in [-0.25, -0.2) is 9.80 Å². The zero-order valence-corrected chi connectivity index (χ0v) is 16.3. The Hall–Kier alpha value is -3.42. The van der Waals surface area contributed by atoms with Gasteiger partial charge < -0.3 is 0 Å². The summed E-state index contributed by atoms with van der Waals surface area (Å²) in [7, 11) is 3.11. The number of hydrogen-bond acceptors (Lipinski definition) is 5. The first-order chi connectivity index (χ1) is 13.4. The number of hydrogen-bond donors (Lipinski definition) is 0. The van der Waals surface area contributed by atoms with Crippen molar-refractivity contribution in [2.24, 2.45) is 19.2 Å². The summed E-state index contributed by atoms with van der Waals surface area (Å²) in [5.41, 5.74) is 2.01. The van der Waals surface area contributed by atoms with Gasteiger partial charge in [-0.05, 0) is 19.4 Å². The van der Waals surface area contributed by atoms with Gasteiger partial charge in [0.1, 0.15) is 0 Å². The molecule has 3 heterocycles. The van der Waals surface area contributed by atoms with Gasteiger partial charge in [0.05, 0.1) is 18.3 Å². The van der Waals surface area contributed by atoms with Crippen LogP contribution in [0, 0.1) is 0 Å². The number of anilines is 1. The van der Waals surface area contributed by atoms with Crippen LogP contribution in [0.2, 0.25) is 0 Å². The van der Waals surface area contributed by atoms with Crippen LogP contribution in [0.3, 0.4) is 0 Å². The third-order valence-corrected chi connectivity index (χ3v) is 5.16. The fourth-order valence-electron chi connectivity index (χ4n) is 3.43. The summed E-state index contributed by atoms with van der Waals surface area (Å²) in [4.78, 5) is 29.7. The summed E-state index contributed by atoms with van der Waals surface area (Å²) in [6, 6.07) is 9.88. The molecular weight excluding hydrogens is 356 g/mol. The second-order valence-electron chi connectivity index (χ2n) is 6.97. The van der Waals surface area contributed by atoms with E-state index in [1.807, 2.05) is 60.9 Å². The number of aromatic nitrogens is 4. The number of rotatable bonds is 3. The van der Waals surface area contributed by atoms with E-state index in [1.54, 1.807) is 12.1 Å². The highest BCUT2D eigenvalue weighted by Gasteiger charge is 2.29. The van der Waals surface area contributed by atoms with Gasteiger partial charge >= 0.3 is 5.69 Å². The monoisotopic (exact) mass is 378 g/mol. The smallest absolute Gasteiger partial charge is 0.294 e. The molecule has 0 bridgehead atoms. The van der Waals surface area contributed by atoms with E-state index in [0.29, 0.717) is 23.7 Å². The molecule has 1 aromatic carbocycles. The Labute approximate surface area is 161 Å². The summed E-state index contributed by atoms with van der Waals surface area (Å²) in [6.07, 6.45) is 4.02. The van der Waals surface area contributed by atoms with E-state index in [2.05, 4.69) is 10.1 Å². The van der Waals surface area contributed by atoms with Crippen molar-refractivity contribution in [1.82, 2.24) is 18.7 Å². The maximum atomic E-state index is 12.8. The molecule has 0 saturated heterocycles. The molecule has 4 rings (SSSR count). The van der Waals surface area contributed by atoms with Crippen LogP contribution in [0.5, 0.6) is 0 Å². The lowest BCUT2D eigenvalue weighted by Crippen LogP contribution is -2.38. The average molecular weight is 378 g/mol. The molecular formula is C20H22N6O2. The zero-order valence-electron chi connectivity index (χ0n) is 16.3. The van der Waals surface area contributed by atoms with E-state index >= 15 is 0 Å². The van der Waals surface area contributed by atoms with Gasteiger partial charge in [-0.2, -0.15) is 10.1 Å². The number of benzene rings is 1. The molecule has 2 aromatic heterocycles. The zero-order chi connectivity index (χ0) is 20.0. The fraction of sp³-hybridized carbons (Fsp3) is 0.300. The highest BCUT2D eigenvalue weighted by Crippen LogP contribution is 2.29. The number of imidazole rings is 1. The third-order valence-electron chi connectivity index (χ3n) is 5.16. The molecule has 0 fully saturated rings. The second kappa shape index (κ2) is 6.63. The van der Waals surface area contributed by atoms with Gasteiger partial charge in [0.25, 0.3) is 5.56 Å². The van der Waals surface area contributed by atoms with Crippen molar-refractivity contribution >= 4 is 28.9 Å². The molecule has 0 spiro atoms. The lowest BCUT2D eigenvalue weighted by molar-refractivity contribution is 0.647. The third kappa shape index (κ3) is 2.69. The highest BCUT2D eigenvalue weighted by atomic mass is 16.2. The second-order valence-corrected chi connectivity index (χ2v) is 6.97. The molecule has 0 unspecified atom stereocenters. The predicted molar refractivity (Wildman–Crippen MR) is 111 cm³/mol. The molecule has 1 atom stereocenters. The van der Waals surface area contributed by atoms with Gasteiger partial charge in [-0.15, -0.1) is 0 Å². The fourth-order valence-corrected chi connectivity index (χ4v) is 3.43. The van der Waals surface area contributed by atoms with Gasteiger partial charge in [-0.3, -0.25) is 18.5 Å². The minimum atomic E-state index is -0.395. The quantitative estimate of drug-likeness (QED) is 0.697. The minimum absolute atomic E-state index is 0.125.